The predicted molar refractivity (Wildman–Crippen MR) is 199 cm³/mol. The van der Waals surface area contributed by atoms with Crippen LogP contribution in [0.15, 0.2) is 98.3 Å². The van der Waals surface area contributed by atoms with E-state index in [-0.39, 0.29) is 35.4 Å². The maximum atomic E-state index is 10.7. The third-order valence-electron chi connectivity index (χ3n) is 10.8. The molecule has 6 bridgehead atoms. The summed E-state index contributed by atoms with van der Waals surface area (Å²) in [5.41, 5.74) is 15.8. The fourth-order valence-electron chi connectivity index (χ4n) is 8.47. The standard InChI is InChI=1S/C39H28IN7O2/c1-16-4-8-22-25(12-16)34-30-29-33(22)43-36-23-11-7-20(49)15-28(23)37(46(36)40)41-32-18(3)31(21-10-6-19(48)14-26(21)32)42-38-24-9-5-17(2)13-27(24)39(44-34)47(38)45-35(29)30/h4-15,18,30,32,35,45,48-49H,1-3H3/t18-,30?,32?,35?/m0/s1. The van der Waals surface area contributed by atoms with E-state index in [2.05, 4.69) is 90.1 Å². The molecule has 4 heterocycles. The lowest BCUT2D eigenvalue weighted by Gasteiger charge is -2.17. The summed E-state index contributed by atoms with van der Waals surface area (Å²) in [6.07, 6.45) is 0. The van der Waals surface area contributed by atoms with Gasteiger partial charge in [-0.15, -0.1) is 0 Å². The minimum atomic E-state index is -0.340. The van der Waals surface area contributed by atoms with E-state index in [9.17, 15) is 10.2 Å². The molecule has 0 saturated heterocycles. The number of aliphatic imine (C=N–C) groups is 2. The first-order chi connectivity index (χ1) is 23.7. The van der Waals surface area contributed by atoms with Gasteiger partial charge in [0.2, 0.25) is 0 Å². The van der Waals surface area contributed by atoms with E-state index in [1.807, 2.05) is 21.0 Å². The molecule has 10 heteroatoms. The fraction of sp³-hybridized carbons (Fsp3) is 0.179. The molecule has 4 atom stereocenters. The molecule has 0 spiro atoms. The molecular formula is C39H28IN7O2. The number of aromatic hydroxyl groups is 2. The maximum Gasteiger partial charge on any atom is 0.161 e. The molecule has 1 saturated carbocycles. The highest BCUT2D eigenvalue weighted by atomic mass is 127. The van der Waals surface area contributed by atoms with Crippen LogP contribution in [0.4, 0.5) is 11.6 Å². The van der Waals surface area contributed by atoms with Crippen LogP contribution in [0, 0.1) is 25.7 Å². The van der Waals surface area contributed by atoms with Crippen molar-refractivity contribution in [3.8, 4) is 11.5 Å². The van der Waals surface area contributed by atoms with E-state index in [1.165, 1.54) is 11.1 Å². The fourth-order valence-corrected chi connectivity index (χ4v) is 9.22. The van der Waals surface area contributed by atoms with E-state index in [4.69, 9.17) is 20.0 Å². The van der Waals surface area contributed by atoms with Gasteiger partial charge in [-0.2, -0.15) is 0 Å². The molecule has 3 N–H and O–H groups in total. The Kier molecular flexibility index (Phi) is 5.23. The average Bonchev–Trinajstić information content (AvgIpc) is 3.60. The van der Waals surface area contributed by atoms with Gasteiger partial charge in [-0.05, 0) is 73.5 Å². The Bertz CT molecular complexity index is 2800. The molecule has 11 rings (SSSR count). The zero-order valence-electron chi connectivity index (χ0n) is 26.7. The van der Waals surface area contributed by atoms with Gasteiger partial charge < -0.3 is 15.6 Å². The maximum absolute atomic E-state index is 10.7. The van der Waals surface area contributed by atoms with Crippen molar-refractivity contribution in [2.24, 2.45) is 31.8 Å². The minimum Gasteiger partial charge on any atom is -0.508 e. The number of hydrogen-bond donors (Lipinski definition) is 3. The van der Waals surface area contributed by atoms with Crippen LogP contribution in [0.3, 0.4) is 0 Å². The molecule has 9 nitrogen and oxygen atoms in total. The second-order valence-electron chi connectivity index (χ2n) is 13.9. The lowest BCUT2D eigenvalue weighted by atomic mass is 9.91. The van der Waals surface area contributed by atoms with E-state index in [0.29, 0.717) is 5.49 Å². The number of halogens is 1. The number of hydrogen-bond acceptors (Lipinski definition) is 7. The zero-order chi connectivity index (χ0) is 33.0. The lowest BCUT2D eigenvalue weighted by molar-refractivity contribution is 0.473. The molecule has 2 aromatic heterocycles. The predicted octanol–water partition coefficient (Wildman–Crippen LogP) is 6.99. The second kappa shape index (κ2) is 9.26. The number of nitrogens with one attached hydrogen (secondary N) is 1. The van der Waals surface area contributed by atoms with Crippen LogP contribution in [0.25, 0.3) is 27.2 Å². The van der Waals surface area contributed by atoms with Crippen LogP contribution in [0.1, 0.15) is 46.3 Å². The van der Waals surface area contributed by atoms with Crippen molar-refractivity contribution >= 4 is 73.2 Å². The van der Waals surface area contributed by atoms with Crippen LogP contribution >= 0.6 is 22.9 Å². The number of aromatic nitrogens is 2. The van der Waals surface area contributed by atoms with Crippen LogP contribution < -0.4 is 16.4 Å². The number of phenolic OH excluding ortho intramolecular Hbond substituents is 2. The van der Waals surface area contributed by atoms with Crippen LogP contribution in [0.5, 0.6) is 11.5 Å². The van der Waals surface area contributed by atoms with Gasteiger partial charge in [-0.3, -0.25) is 4.99 Å². The minimum absolute atomic E-state index is 0.0199. The van der Waals surface area contributed by atoms with Crippen LogP contribution in [0.2, 0.25) is 0 Å². The highest BCUT2D eigenvalue weighted by molar-refractivity contribution is 14.1. The molecule has 3 aliphatic carbocycles. The summed E-state index contributed by atoms with van der Waals surface area (Å²) in [5, 5.41) is 25.2. The molecular weight excluding hydrogens is 725 g/mol. The first kappa shape index (κ1) is 27.7. The van der Waals surface area contributed by atoms with Gasteiger partial charge in [0.15, 0.2) is 17.1 Å². The van der Waals surface area contributed by atoms with Crippen molar-refractivity contribution < 1.29 is 10.2 Å². The number of aryl methyl sites for hydroxylation is 2. The number of phenols is 2. The molecule has 49 heavy (non-hydrogen) atoms. The third-order valence-corrected chi connectivity index (χ3v) is 11.8. The first-order valence-corrected chi connectivity index (χ1v) is 17.5. The Hall–Kier alpha value is -5.23. The van der Waals surface area contributed by atoms with Gasteiger partial charge in [-0.25, -0.2) is 22.4 Å². The largest absolute Gasteiger partial charge is 0.508 e. The number of rotatable bonds is 0. The summed E-state index contributed by atoms with van der Waals surface area (Å²) < 4.78 is 4.11. The number of benzene rings is 4. The van der Waals surface area contributed by atoms with Gasteiger partial charge in [0, 0.05) is 44.2 Å². The van der Waals surface area contributed by atoms with Gasteiger partial charge in [0.25, 0.3) is 0 Å². The Morgan fingerprint density at radius 1 is 0.694 bits per heavy atom. The molecule has 6 aromatic rings. The molecule has 1 fully saturated rings. The summed E-state index contributed by atoms with van der Waals surface area (Å²) in [6, 6.07) is 23.6. The Labute approximate surface area is 293 Å². The smallest absolute Gasteiger partial charge is 0.161 e. The number of fused-ring (bicyclic) bond motifs is 16. The van der Waals surface area contributed by atoms with Crippen molar-refractivity contribution in [2.75, 3.05) is 5.43 Å². The Morgan fingerprint density at radius 2 is 1.41 bits per heavy atom. The topological polar surface area (TPSA) is 112 Å². The van der Waals surface area contributed by atoms with E-state index in [0.717, 1.165) is 83.6 Å². The highest BCUT2D eigenvalue weighted by Gasteiger charge is 2.56. The summed E-state index contributed by atoms with van der Waals surface area (Å²) in [6.45, 7) is 6.39. The number of nitrogens with zero attached hydrogens (tertiary/aromatic N) is 6. The van der Waals surface area contributed by atoms with Gasteiger partial charge in [0.05, 0.1) is 58.0 Å². The molecule has 3 unspecified atom stereocenters. The molecule has 238 valence electrons. The highest BCUT2D eigenvalue weighted by Crippen LogP contribution is 2.55. The first-order valence-electron chi connectivity index (χ1n) is 16.5. The quantitative estimate of drug-likeness (QED) is 0.146. The molecule has 5 aliphatic rings. The van der Waals surface area contributed by atoms with Gasteiger partial charge in [-0.1, -0.05) is 42.3 Å². The molecule has 0 radical (unpaired) electrons. The van der Waals surface area contributed by atoms with Crippen LogP contribution in [-0.2, 0) is 0 Å². The monoisotopic (exact) mass is 753 g/mol. The molecule has 2 aliphatic heterocycles. The Morgan fingerprint density at radius 3 is 2.29 bits per heavy atom. The van der Waals surface area contributed by atoms with E-state index >= 15 is 0 Å². The van der Waals surface area contributed by atoms with Crippen molar-refractivity contribution in [3.05, 3.63) is 123 Å². The summed E-state index contributed by atoms with van der Waals surface area (Å²) in [5.74, 6) is 1.94. The van der Waals surface area contributed by atoms with Gasteiger partial charge in [0.1, 0.15) is 17.0 Å². The van der Waals surface area contributed by atoms with Crippen molar-refractivity contribution in [1.29, 1.82) is 0 Å². The SMILES string of the molecule is Cc1ccc2c(c1)C1=Nc3c4cc(C)ccc4c4n3NC3C(=C2N=c2c5ccc(O)cc5c(n2I)=NC2c5cc(O)ccc5C(=N4)[C@@H]2C)C13. The van der Waals surface area contributed by atoms with Crippen LogP contribution in [-0.4, -0.2) is 35.1 Å². The van der Waals surface area contributed by atoms with Crippen molar-refractivity contribution in [1.82, 2.24) is 7.46 Å². The average molecular weight is 754 g/mol. The zero-order valence-corrected chi connectivity index (χ0v) is 28.9. The Balaban J connectivity index is 1.34. The van der Waals surface area contributed by atoms with Crippen molar-refractivity contribution in [3.63, 3.8) is 0 Å². The van der Waals surface area contributed by atoms with E-state index in [1.54, 1.807) is 18.2 Å². The lowest BCUT2D eigenvalue weighted by Crippen LogP contribution is -2.22. The second-order valence-corrected chi connectivity index (χ2v) is 14.8. The summed E-state index contributed by atoms with van der Waals surface area (Å²) >= 11 is 2.30. The molecule has 0 amide bonds. The molecule has 4 aromatic carbocycles. The van der Waals surface area contributed by atoms with Gasteiger partial charge >= 0.3 is 0 Å². The summed E-state index contributed by atoms with van der Waals surface area (Å²) in [7, 11) is 0. The third kappa shape index (κ3) is 3.59. The normalized spacial score (nSPS) is 22.3. The summed E-state index contributed by atoms with van der Waals surface area (Å²) in [4.78, 5) is 22.0. The van der Waals surface area contributed by atoms with Crippen molar-refractivity contribution in [2.45, 2.75) is 32.9 Å². The van der Waals surface area contributed by atoms with E-state index < -0.39 is 0 Å².